The fourth-order valence-electron chi connectivity index (χ4n) is 3.98. The van der Waals surface area contributed by atoms with Gasteiger partial charge in [-0.05, 0) is 23.6 Å². The van der Waals surface area contributed by atoms with Crippen LogP contribution in [0.3, 0.4) is 0 Å². The molecule has 2 N–H and O–H groups in total. The van der Waals surface area contributed by atoms with E-state index in [0.29, 0.717) is 39.3 Å². The Balaban J connectivity index is 1.20. The summed E-state index contributed by atoms with van der Waals surface area (Å²) >= 11 is 0. The topological polar surface area (TPSA) is 85.5 Å². The lowest BCUT2D eigenvalue weighted by atomic mass is 10.1. The highest BCUT2D eigenvalue weighted by atomic mass is 32.2. The SMILES string of the molecule is O=C(CN1CCN(S(=O)(=O)Cc2ccccc2)CC1)NCCc1c[nH]c2ccccc12. The van der Waals surface area contributed by atoms with Gasteiger partial charge in [0, 0.05) is 49.8 Å². The third kappa shape index (κ3) is 5.52. The van der Waals surface area contributed by atoms with Gasteiger partial charge in [-0.1, -0.05) is 48.5 Å². The monoisotopic (exact) mass is 440 g/mol. The number of hydrogen-bond acceptors (Lipinski definition) is 4. The van der Waals surface area contributed by atoms with Crippen molar-refractivity contribution in [2.45, 2.75) is 12.2 Å². The molecule has 0 aliphatic carbocycles. The molecule has 1 amide bonds. The number of para-hydroxylation sites is 1. The number of carbonyl (C=O) groups is 1. The number of sulfonamides is 1. The summed E-state index contributed by atoms with van der Waals surface area (Å²) in [5, 5.41) is 4.17. The number of nitrogens with one attached hydrogen (secondary N) is 2. The van der Waals surface area contributed by atoms with Crippen LogP contribution in [0.25, 0.3) is 10.9 Å². The van der Waals surface area contributed by atoms with Crippen LogP contribution in [0.15, 0.2) is 60.8 Å². The molecule has 3 aromatic rings. The van der Waals surface area contributed by atoms with Gasteiger partial charge in [0.1, 0.15) is 0 Å². The molecule has 1 aliphatic heterocycles. The van der Waals surface area contributed by atoms with Crippen molar-refractivity contribution >= 4 is 26.8 Å². The fourth-order valence-corrected chi connectivity index (χ4v) is 5.49. The second-order valence-corrected chi connectivity index (χ2v) is 9.85. The number of benzene rings is 2. The first-order valence-electron chi connectivity index (χ1n) is 10.6. The molecule has 8 heteroatoms. The highest BCUT2D eigenvalue weighted by Crippen LogP contribution is 2.17. The Kier molecular flexibility index (Phi) is 6.70. The molecule has 0 spiro atoms. The summed E-state index contributed by atoms with van der Waals surface area (Å²) in [4.78, 5) is 17.6. The van der Waals surface area contributed by atoms with E-state index in [1.165, 1.54) is 15.3 Å². The zero-order chi connectivity index (χ0) is 21.7. The molecular formula is C23H28N4O3S. The van der Waals surface area contributed by atoms with Crippen molar-refractivity contribution in [3.63, 3.8) is 0 Å². The number of aromatic nitrogens is 1. The minimum absolute atomic E-state index is 0.0160. The van der Waals surface area contributed by atoms with E-state index in [-0.39, 0.29) is 11.7 Å². The van der Waals surface area contributed by atoms with E-state index in [1.54, 1.807) is 0 Å². The molecule has 1 aliphatic rings. The number of amides is 1. The number of piperazine rings is 1. The first-order valence-corrected chi connectivity index (χ1v) is 12.2. The number of rotatable bonds is 8. The van der Waals surface area contributed by atoms with Crippen molar-refractivity contribution in [3.8, 4) is 0 Å². The van der Waals surface area contributed by atoms with Gasteiger partial charge < -0.3 is 10.3 Å². The number of fused-ring (bicyclic) bond motifs is 1. The Hall–Kier alpha value is -2.68. The summed E-state index contributed by atoms with van der Waals surface area (Å²) in [5.41, 5.74) is 3.08. The van der Waals surface area contributed by atoms with Gasteiger partial charge >= 0.3 is 0 Å². The van der Waals surface area contributed by atoms with E-state index >= 15 is 0 Å². The number of carbonyl (C=O) groups excluding carboxylic acids is 1. The molecule has 164 valence electrons. The molecule has 1 saturated heterocycles. The Morgan fingerprint density at radius 3 is 2.45 bits per heavy atom. The van der Waals surface area contributed by atoms with Gasteiger partial charge in [-0.15, -0.1) is 0 Å². The Morgan fingerprint density at radius 2 is 1.68 bits per heavy atom. The van der Waals surface area contributed by atoms with Crippen LogP contribution in [0, 0.1) is 0 Å². The van der Waals surface area contributed by atoms with Crippen molar-refractivity contribution in [2.75, 3.05) is 39.3 Å². The smallest absolute Gasteiger partial charge is 0.234 e. The van der Waals surface area contributed by atoms with Gasteiger partial charge in [0.15, 0.2) is 0 Å². The van der Waals surface area contributed by atoms with Gasteiger partial charge in [-0.3, -0.25) is 9.69 Å². The average Bonchev–Trinajstić information content (AvgIpc) is 3.18. The fraction of sp³-hybridized carbons (Fsp3) is 0.348. The van der Waals surface area contributed by atoms with Crippen LogP contribution in [0.5, 0.6) is 0 Å². The number of H-pyrrole nitrogens is 1. The van der Waals surface area contributed by atoms with Crippen molar-refractivity contribution in [1.29, 1.82) is 0 Å². The molecule has 0 unspecified atom stereocenters. The Labute approximate surface area is 183 Å². The van der Waals surface area contributed by atoms with E-state index in [1.807, 2.05) is 59.6 Å². The summed E-state index contributed by atoms with van der Waals surface area (Å²) in [7, 11) is -3.34. The molecule has 0 atom stereocenters. The summed E-state index contributed by atoms with van der Waals surface area (Å²) in [6, 6.07) is 17.4. The second-order valence-electron chi connectivity index (χ2n) is 7.88. The van der Waals surface area contributed by atoms with Crippen LogP contribution >= 0.6 is 0 Å². The molecule has 0 radical (unpaired) electrons. The molecule has 2 heterocycles. The molecular weight excluding hydrogens is 412 g/mol. The van der Waals surface area contributed by atoms with Crippen molar-refractivity contribution in [2.24, 2.45) is 0 Å². The summed E-state index contributed by atoms with van der Waals surface area (Å²) in [6.45, 7) is 2.82. The van der Waals surface area contributed by atoms with E-state index < -0.39 is 10.0 Å². The summed E-state index contributed by atoms with van der Waals surface area (Å²) in [5.74, 6) is -0.0113. The van der Waals surface area contributed by atoms with Gasteiger partial charge in [0.25, 0.3) is 0 Å². The summed E-state index contributed by atoms with van der Waals surface area (Å²) in [6.07, 6.45) is 2.76. The van der Waals surface area contributed by atoms with E-state index in [4.69, 9.17) is 0 Å². The third-order valence-corrected chi connectivity index (χ3v) is 7.53. The Bertz CT molecular complexity index is 1120. The zero-order valence-electron chi connectivity index (χ0n) is 17.5. The van der Waals surface area contributed by atoms with Crippen LogP contribution in [0.2, 0.25) is 0 Å². The van der Waals surface area contributed by atoms with Crippen LogP contribution < -0.4 is 5.32 Å². The van der Waals surface area contributed by atoms with Crippen LogP contribution in [0.4, 0.5) is 0 Å². The first-order chi connectivity index (χ1) is 15.0. The van der Waals surface area contributed by atoms with E-state index in [9.17, 15) is 13.2 Å². The highest BCUT2D eigenvalue weighted by Gasteiger charge is 2.27. The maximum atomic E-state index is 12.7. The second kappa shape index (κ2) is 9.64. The van der Waals surface area contributed by atoms with Crippen LogP contribution in [-0.4, -0.2) is 67.8 Å². The third-order valence-electron chi connectivity index (χ3n) is 5.68. The number of hydrogen-bond donors (Lipinski definition) is 2. The Morgan fingerprint density at radius 1 is 0.968 bits per heavy atom. The van der Waals surface area contributed by atoms with Crippen molar-refractivity contribution < 1.29 is 13.2 Å². The maximum absolute atomic E-state index is 12.7. The minimum Gasteiger partial charge on any atom is -0.361 e. The molecule has 1 fully saturated rings. The van der Waals surface area contributed by atoms with Crippen LogP contribution in [-0.2, 0) is 27.0 Å². The van der Waals surface area contributed by atoms with Gasteiger partial charge in [0.05, 0.1) is 12.3 Å². The highest BCUT2D eigenvalue weighted by molar-refractivity contribution is 7.88. The molecule has 2 aromatic carbocycles. The van der Waals surface area contributed by atoms with Gasteiger partial charge in [-0.25, -0.2) is 8.42 Å². The van der Waals surface area contributed by atoms with Crippen LogP contribution in [0.1, 0.15) is 11.1 Å². The van der Waals surface area contributed by atoms with Gasteiger partial charge in [0.2, 0.25) is 15.9 Å². The first kappa shape index (κ1) is 21.5. The largest absolute Gasteiger partial charge is 0.361 e. The van der Waals surface area contributed by atoms with Crippen molar-refractivity contribution in [1.82, 2.24) is 19.5 Å². The standard InChI is InChI=1S/C23H28N4O3S/c28-23(24-11-10-20-16-25-22-9-5-4-8-21(20)22)17-26-12-14-27(15-13-26)31(29,30)18-19-6-2-1-3-7-19/h1-9,16,25H,10-15,17-18H2,(H,24,28). The molecule has 4 rings (SSSR count). The lowest BCUT2D eigenvalue weighted by Gasteiger charge is -2.33. The lowest BCUT2D eigenvalue weighted by molar-refractivity contribution is -0.122. The molecule has 0 saturated carbocycles. The average molecular weight is 441 g/mol. The minimum atomic E-state index is -3.34. The molecule has 0 bridgehead atoms. The quantitative estimate of drug-likeness (QED) is 0.561. The van der Waals surface area contributed by atoms with E-state index in [0.717, 1.165) is 17.5 Å². The molecule has 1 aromatic heterocycles. The normalized spacial score (nSPS) is 15.9. The predicted octanol–water partition coefficient (Wildman–Crippen LogP) is 1.97. The molecule has 7 nitrogen and oxygen atoms in total. The maximum Gasteiger partial charge on any atom is 0.234 e. The number of nitrogens with zero attached hydrogens (tertiary/aromatic N) is 2. The van der Waals surface area contributed by atoms with Gasteiger partial charge in [-0.2, -0.15) is 4.31 Å². The van der Waals surface area contributed by atoms with E-state index in [2.05, 4.69) is 16.4 Å². The lowest BCUT2D eigenvalue weighted by Crippen LogP contribution is -2.51. The predicted molar refractivity (Wildman–Crippen MR) is 122 cm³/mol. The van der Waals surface area contributed by atoms with Crippen molar-refractivity contribution in [3.05, 3.63) is 71.9 Å². The summed E-state index contributed by atoms with van der Waals surface area (Å²) < 4.78 is 26.8. The number of aromatic amines is 1. The zero-order valence-corrected chi connectivity index (χ0v) is 18.3. The molecule has 31 heavy (non-hydrogen) atoms.